The van der Waals surface area contributed by atoms with Crippen molar-refractivity contribution in [1.82, 2.24) is 4.57 Å². The van der Waals surface area contributed by atoms with Gasteiger partial charge in [0.1, 0.15) is 23.1 Å². The number of esters is 2. The Morgan fingerprint density at radius 3 is 2.28 bits per heavy atom. The van der Waals surface area contributed by atoms with E-state index in [1.54, 1.807) is 48.5 Å². The lowest BCUT2D eigenvalue weighted by atomic mass is 10.2. The summed E-state index contributed by atoms with van der Waals surface area (Å²) in [7, 11) is 2.53. The van der Waals surface area contributed by atoms with Crippen LogP contribution in [0.1, 0.15) is 26.4 Å². The van der Waals surface area contributed by atoms with E-state index in [0.717, 1.165) is 0 Å². The molecule has 2 N–H and O–H groups in total. The molecule has 1 aromatic heterocycles. The van der Waals surface area contributed by atoms with Gasteiger partial charge in [-0.1, -0.05) is 12.1 Å². The number of aromatic nitrogens is 1. The lowest BCUT2D eigenvalue weighted by Gasteiger charge is -2.12. The third-order valence-electron chi connectivity index (χ3n) is 4.18. The first-order chi connectivity index (χ1) is 14.0. The molecule has 3 aromatic rings. The summed E-state index contributed by atoms with van der Waals surface area (Å²) in [6.45, 7) is 0. The Morgan fingerprint density at radius 1 is 1.00 bits per heavy atom. The number of nitrogens with zero attached hydrogens (tertiary/aromatic N) is 2. The molecule has 146 valence electrons. The van der Waals surface area contributed by atoms with Crippen LogP contribution in [0.5, 0.6) is 11.5 Å². The third-order valence-corrected chi connectivity index (χ3v) is 4.18. The number of carbonyl (C=O) groups excluding carboxylic acids is 2. The number of nitrogens with two attached hydrogens (primary N) is 1. The molecular formula is C21H17N3O5. The van der Waals surface area contributed by atoms with Gasteiger partial charge in [0, 0.05) is 11.9 Å². The van der Waals surface area contributed by atoms with Gasteiger partial charge in [-0.2, -0.15) is 5.26 Å². The highest BCUT2D eigenvalue weighted by atomic mass is 16.5. The van der Waals surface area contributed by atoms with E-state index in [1.165, 1.54) is 25.0 Å². The molecule has 0 saturated carbocycles. The summed E-state index contributed by atoms with van der Waals surface area (Å²) >= 11 is 0. The Kier molecular flexibility index (Phi) is 5.51. The van der Waals surface area contributed by atoms with Crippen molar-refractivity contribution in [3.63, 3.8) is 0 Å². The second kappa shape index (κ2) is 8.19. The number of methoxy groups -OCH3 is 2. The molecule has 8 heteroatoms. The summed E-state index contributed by atoms with van der Waals surface area (Å²) in [6.07, 6.45) is 1.46. The van der Waals surface area contributed by atoms with Crippen LogP contribution in [0.3, 0.4) is 0 Å². The van der Waals surface area contributed by atoms with Crippen LogP contribution in [0, 0.1) is 11.3 Å². The molecule has 2 aromatic carbocycles. The number of anilines is 1. The number of nitrogen functional groups attached to an aromatic ring is 1. The van der Waals surface area contributed by atoms with Gasteiger partial charge >= 0.3 is 11.9 Å². The third kappa shape index (κ3) is 3.75. The minimum absolute atomic E-state index is 0.0479. The molecule has 0 aliphatic rings. The number of rotatable bonds is 5. The highest BCUT2D eigenvalue weighted by Crippen LogP contribution is 2.29. The van der Waals surface area contributed by atoms with Crippen molar-refractivity contribution in [3.05, 3.63) is 71.5 Å². The topological polar surface area (TPSA) is 117 Å². The standard InChI is InChI=1S/C21H17N3O5/c1-27-20(25)16-5-3-4-6-17(16)29-15-9-7-14(8-10-15)24-12-13(11-22)18(23)19(24)21(26)28-2/h3-10,12H,23H2,1-2H3. The first-order valence-electron chi connectivity index (χ1n) is 8.45. The van der Waals surface area contributed by atoms with Gasteiger partial charge in [0.2, 0.25) is 0 Å². The highest BCUT2D eigenvalue weighted by Gasteiger charge is 2.21. The smallest absolute Gasteiger partial charge is 0.357 e. The second-order valence-electron chi connectivity index (χ2n) is 5.86. The molecule has 0 aliphatic heterocycles. The van der Waals surface area contributed by atoms with Crippen LogP contribution in [0.15, 0.2) is 54.7 Å². The maximum atomic E-state index is 12.1. The summed E-state index contributed by atoms with van der Waals surface area (Å²) in [5, 5.41) is 9.20. The molecule has 29 heavy (non-hydrogen) atoms. The van der Waals surface area contributed by atoms with Crippen LogP contribution in [0.2, 0.25) is 0 Å². The average molecular weight is 391 g/mol. The molecule has 1 heterocycles. The van der Waals surface area contributed by atoms with Crippen molar-refractivity contribution in [2.24, 2.45) is 0 Å². The van der Waals surface area contributed by atoms with E-state index in [0.29, 0.717) is 22.7 Å². The zero-order valence-corrected chi connectivity index (χ0v) is 15.7. The van der Waals surface area contributed by atoms with Gasteiger partial charge in [0.15, 0.2) is 5.69 Å². The predicted octanol–water partition coefficient (Wildman–Crippen LogP) is 3.30. The summed E-state index contributed by atoms with van der Waals surface area (Å²) in [6, 6.07) is 15.3. The normalized spacial score (nSPS) is 10.1. The van der Waals surface area contributed by atoms with Gasteiger partial charge in [-0.05, 0) is 36.4 Å². The lowest BCUT2D eigenvalue weighted by Crippen LogP contribution is -2.11. The van der Waals surface area contributed by atoms with Gasteiger partial charge < -0.3 is 24.5 Å². The number of ether oxygens (including phenoxy) is 3. The van der Waals surface area contributed by atoms with Crippen LogP contribution < -0.4 is 10.5 Å². The number of hydrogen-bond donors (Lipinski definition) is 1. The van der Waals surface area contributed by atoms with Crippen LogP contribution in [-0.2, 0) is 9.47 Å². The summed E-state index contributed by atoms with van der Waals surface area (Å²) in [5.74, 6) is -0.354. The Balaban J connectivity index is 1.94. The van der Waals surface area contributed by atoms with Crippen molar-refractivity contribution < 1.29 is 23.8 Å². The summed E-state index contributed by atoms with van der Waals surface area (Å²) in [5.41, 5.74) is 7.05. The molecule has 0 aliphatic carbocycles. The molecule has 0 saturated heterocycles. The van der Waals surface area contributed by atoms with Crippen molar-refractivity contribution in [1.29, 1.82) is 5.26 Å². The maximum absolute atomic E-state index is 12.1. The zero-order chi connectivity index (χ0) is 21.0. The van der Waals surface area contributed by atoms with E-state index >= 15 is 0 Å². The minimum Gasteiger partial charge on any atom is -0.465 e. The SMILES string of the molecule is COC(=O)c1ccccc1Oc1ccc(-n2cc(C#N)c(N)c2C(=O)OC)cc1. The van der Waals surface area contributed by atoms with Gasteiger partial charge in [-0.3, -0.25) is 0 Å². The van der Waals surface area contributed by atoms with Crippen molar-refractivity contribution in [2.45, 2.75) is 0 Å². The van der Waals surface area contributed by atoms with E-state index in [2.05, 4.69) is 0 Å². The monoisotopic (exact) mass is 391 g/mol. The van der Waals surface area contributed by atoms with Gasteiger partial charge in [-0.25, -0.2) is 9.59 Å². The number of carbonyl (C=O) groups is 2. The molecule has 3 rings (SSSR count). The van der Waals surface area contributed by atoms with E-state index in [4.69, 9.17) is 19.9 Å². The number of benzene rings is 2. The van der Waals surface area contributed by atoms with Gasteiger partial charge in [0.05, 0.1) is 25.5 Å². The van der Waals surface area contributed by atoms with Gasteiger partial charge in [-0.15, -0.1) is 0 Å². The largest absolute Gasteiger partial charge is 0.465 e. The molecule has 0 fully saturated rings. The molecule has 8 nitrogen and oxygen atoms in total. The Hall–Kier alpha value is -4.25. The van der Waals surface area contributed by atoms with Crippen LogP contribution in [-0.4, -0.2) is 30.7 Å². The quantitative estimate of drug-likeness (QED) is 0.663. The number of para-hydroxylation sites is 1. The zero-order valence-electron chi connectivity index (χ0n) is 15.7. The fraction of sp³-hybridized carbons (Fsp3) is 0.0952. The second-order valence-corrected chi connectivity index (χ2v) is 5.86. The molecular weight excluding hydrogens is 374 g/mol. The first-order valence-corrected chi connectivity index (χ1v) is 8.45. The summed E-state index contributed by atoms with van der Waals surface area (Å²) in [4.78, 5) is 24.0. The van der Waals surface area contributed by atoms with Crippen LogP contribution >= 0.6 is 0 Å². The molecule has 0 amide bonds. The average Bonchev–Trinajstić information content (AvgIpc) is 3.09. The van der Waals surface area contributed by atoms with Crippen LogP contribution in [0.25, 0.3) is 5.69 Å². The van der Waals surface area contributed by atoms with E-state index in [9.17, 15) is 14.9 Å². The van der Waals surface area contributed by atoms with E-state index in [1.807, 2.05) is 6.07 Å². The fourth-order valence-electron chi connectivity index (χ4n) is 2.75. The van der Waals surface area contributed by atoms with Crippen LogP contribution in [0.4, 0.5) is 5.69 Å². The molecule has 0 radical (unpaired) electrons. The van der Waals surface area contributed by atoms with Gasteiger partial charge in [0.25, 0.3) is 0 Å². The first kappa shape index (κ1) is 19.5. The summed E-state index contributed by atoms with van der Waals surface area (Å²) < 4.78 is 16.8. The molecule has 0 atom stereocenters. The highest BCUT2D eigenvalue weighted by molar-refractivity contribution is 5.96. The Bertz CT molecular complexity index is 1110. The van der Waals surface area contributed by atoms with Crippen molar-refractivity contribution in [3.8, 4) is 23.3 Å². The molecule has 0 bridgehead atoms. The molecule has 0 spiro atoms. The minimum atomic E-state index is -0.656. The fourth-order valence-corrected chi connectivity index (χ4v) is 2.75. The Labute approximate surface area is 166 Å². The van der Waals surface area contributed by atoms with Crippen molar-refractivity contribution >= 4 is 17.6 Å². The number of hydrogen-bond acceptors (Lipinski definition) is 7. The predicted molar refractivity (Wildman–Crippen MR) is 104 cm³/mol. The molecule has 0 unspecified atom stereocenters. The number of nitriles is 1. The lowest BCUT2D eigenvalue weighted by molar-refractivity contribution is 0.0586. The maximum Gasteiger partial charge on any atom is 0.357 e. The van der Waals surface area contributed by atoms with E-state index in [-0.39, 0.29) is 16.9 Å². The Morgan fingerprint density at radius 2 is 1.66 bits per heavy atom. The van der Waals surface area contributed by atoms with Crippen molar-refractivity contribution in [2.75, 3.05) is 20.0 Å². The van der Waals surface area contributed by atoms with E-state index < -0.39 is 11.9 Å².